The molecule has 5 nitrogen and oxygen atoms in total. The van der Waals surface area contributed by atoms with Crippen LogP contribution in [0.15, 0.2) is 0 Å². The zero-order valence-corrected chi connectivity index (χ0v) is 8.73. The SMILES string of the molecule is Cc1[nH]nc(NS(=O)C(C)C)c1N. The van der Waals surface area contributed by atoms with Gasteiger partial charge in [0.05, 0.1) is 11.4 Å². The van der Waals surface area contributed by atoms with Crippen molar-refractivity contribution in [2.45, 2.75) is 26.0 Å². The molecule has 6 heteroatoms. The second kappa shape index (κ2) is 3.78. The van der Waals surface area contributed by atoms with E-state index in [1.165, 1.54) is 0 Å². The van der Waals surface area contributed by atoms with E-state index in [0.29, 0.717) is 11.5 Å². The van der Waals surface area contributed by atoms with Crippen LogP contribution < -0.4 is 10.5 Å². The molecule has 0 aromatic carbocycles. The van der Waals surface area contributed by atoms with E-state index < -0.39 is 11.0 Å². The Hall–Kier alpha value is -1.04. The first-order valence-corrected chi connectivity index (χ1v) is 5.21. The smallest absolute Gasteiger partial charge is 0.183 e. The molecule has 1 unspecified atom stereocenters. The average Bonchev–Trinajstić information content (AvgIpc) is 2.36. The minimum atomic E-state index is -1.13. The molecule has 0 saturated heterocycles. The van der Waals surface area contributed by atoms with Gasteiger partial charge in [-0.3, -0.25) is 9.82 Å². The Kier molecular flexibility index (Phi) is 2.92. The third-order valence-corrected chi connectivity index (χ3v) is 2.87. The van der Waals surface area contributed by atoms with Crippen LogP contribution in [-0.2, 0) is 11.0 Å². The first-order valence-electron chi connectivity index (χ1n) is 4.00. The summed E-state index contributed by atoms with van der Waals surface area (Å²) in [6.07, 6.45) is 0. The molecule has 74 valence electrons. The van der Waals surface area contributed by atoms with Crippen LogP contribution in [0.5, 0.6) is 0 Å². The number of H-pyrrole nitrogens is 1. The largest absolute Gasteiger partial charge is 0.394 e. The van der Waals surface area contributed by atoms with Gasteiger partial charge in [0.2, 0.25) is 0 Å². The molecule has 0 bridgehead atoms. The van der Waals surface area contributed by atoms with Crippen LogP contribution in [-0.4, -0.2) is 19.7 Å². The quantitative estimate of drug-likeness (QED) is 0.677. The Bertz CT molecular complexity index is 320. The number of aromatic nitrogens is 2. The molecule has 1 heterocycles. The maximum absolute atomic E-state index is 11.4. The molecule has 0 saturated carbocycles. The molecule has 4 N–H and O–H groups in total. The Morgan fingerprint density at radius 2 is 2.23 bits per heavy atom. The summed E-state index contributed by atoms with van der Waals surface area (Å²) in [5.41, 5.74) is 6.96. The molecular weight excluding hydrogens is 188 g/mol. The highest BCUT2D eigenvalue weighted by atomic mass is 32.2. The number of nitrogens with one attached hydrogen (secondary N) is 2. The number of hydrogen-bond donors (Lipinski definition) is 3. The van der Waals surface area contributed by atoms with Gasteiger partial charge >= 0.3 is 0 Å². The van der Waals surface area contributed by atoms with Gasteiger partial charge in [0.15, 0.2) is 5.82 Å². The van der Waals surface area contributed by atoms with Gasteiger partial charge in [-0.05, 0) is 20.8 Å². The predicted molar refractivity (Wildman–Crippen MR) is 54.6 cm³/mol. The summed E-state index contributed by atoms with van der Waals surface area (Å²) in [5.74, 6) is 0.463. The van der Waals surface area contributed by atoms with Crippen LogP contribution >= 0.6 is 0 Å². The van der Waals surface area contributed by atoms with Gasteiger partial charge in [-0.1, -0.05) is 0 Å². The number of nitrogens with zero attached hydrogens (tertiary/aromatic N) is 1. The fourth-order valence-corrected chi connectivity index (χ4v) is 1.31. The lowest BCUT2D eigenvalue weighted by Crippen LogP contribution is -2.15. The molecule has 1 aromatic heterocycles. The minimum Gasteiger partial charge on any atom is -0.394 e. The lowest BCUT2D eigenvalue weighted by molar-refractivity contribution is 0.680. The van der Waals surface area contributed by atoms with Crippen molar-refractivity contribution in [2.75, 3.05) is 10.5 Å². The third kappa shape index (κ3) is 2.21. The van der Waals surface area contributed by atoms with E-state index in [4.69, 9.17) is 5.73 Å². The molecule has 0 amide bonds. The second-order valence-corrected chi connectivity index (χ2v) is 4.80. The van der Waals surface area contributed by atoms with Gasteiger partial charge in [0, 0.05) is 5.25 Å². The fraction of sp³-hybridized carbons (Fsp3) is 0.571. The number of nitrogens with two attached hydrogens (primary N) is 1. The average molecular weight is 202 g/mol. The van der Waals surface area contributed by atoms with Crippen molar-refractivity contribution >= 4 is 22.5 Å². The molecule has 0 aliphatic rings. The molecule has 0 aliphatic heterocycles. The van der Waals surface area contributed by atoms with Crippen LogP contribution in [0.2, 0.25) is 0 Å². The minimum absolute atomic E-state index is 0.0383. The molecule has 0 spiro atoms. The zero-order chi connectivity index (χ0) is 10.0. The third-order valence-electron chi connectivity index (χ3n) is 1.62. The van der Waals surface area contributed by atoms with E-state index in [-0.39, 0.29) is 5.25 Å². The molecule has 1 aromatic rings. The van der Waals surface area contributed by atoms with E-state index in [1.807, 2.05) is 20.8 Å². The van der Waals surface area contributed by atoms with Crippen molar-refractivity contribution in [3.05, 3.63) is 5.69 Å². The second-order valence-electron chi connectivity index (χ2n) is 3.06. The van der Waals surface area contributed by atoms with E-state index in [2.05, 4.69) is 14.9 Å². The van der Waals surface area contributed by atoms with Crippen molar-refractivity contribution in [2.24, 2.45) is 0 Å². The highest BCUT2D eigenvalue weighted by Crippen LogP contribution is 2.18. The van der Waals surface area contributed by atoms with Crippen molar-refractivity contribution in [3.63, 3.8) is 0 Å². The monoisotopic (exact) mass is 202 g/mol. The number of anilines is 2. The summed E-state index contributed by atoms with van der Waals surface area (Å²) < 4.78 is 14.1. The molecular formula is C7H14N4OS. The van der Waals surface area contributed by atoms with Gasteiger partial charge < -0.3 is 5.73 Å². The van der Waals surface area contributed by atoms with E-state index >= 15 is 0 Å². The predicted octanol–water partition coefficient (Wildman–Crippen LogP) is 0.784. The Morgan fingerprint density at radius 3 is 2.62 bits per heavy atom. The van der Waals surface area contributed by atoms with Crippen LogP contribution in [0.4, 0.5) is 11.5 Å². The van der Waals surface area contributed by atoms with E-state index in [1.54, 1.807) is 0 Å². The van der Waals surface area contributed by atoms with Gasteiger partial charge in [-0.2, -0.15) is 5.10 Å². The maximum Gasteiger partial charge on any atom is 0.183 e. The number of nitrogen functional groups attached to an aromatic ring is 1. The Balaban J connectivity index is 2.75. The van der Waals surface area contributed by atoms with Crippen LogP contribution in [0.3, 0.4) is 0 Å². The number of hydrogen-bond acceptors (Lipinski definition) is 3. The lowest BCUT2D eigenvalue weighted by atomic mass is 10.4. The van der Waals surface area contributed by atoms with Gasteiger partial charge in [0.1, 0.15) is 11.0 Å². The molecule has 0 radical (unpaired) electrons. The van der Waals surface area contributed by atoms with E-state index in [0.717, 1.165) is 5.69 Å². The van der Waals surface area contributed by atoms with Gasteiger partial charge in [0.25, 0.3) is 0 Å². The fourth-order valence-electron chi connectivity index (χ4n) is 0.729. The van der Waals surface area contributed by atoms with Crippen molar-refractivity contribution in [1.29, 1.82) is 0 Å². The Morgan fingerprint density at radius 1 is 1.62 bits per heavy atom. The summed E-state index contributed by atoms with van der Waals surface area (Å²) in [6.45, 7) is 5.53. The highest BCUT2D eigenvalue weighted by molar-refractivity contribution is 7.86. The molecule has 1 rings (SSSR count). The lowest BCUT2D eigenvalue weighted by Gasteiger charge is -2.05. The van der Waals surface area contributed by atoms with Crippen molar-refractivity contribution in [1.82, 2.24) is 10.2 Å². The van der Waals surface area contributed by atoms with Crippen LogP contribution in [0.1, 0.15) is 19.5 Å². The van der Waals surface area contributed by atoms with Gasteiger partial charge in [-0.25, -0.2) is 4.21 Å². The van der Waals surface area contributed by atoms with Crippen molar-refractivity contribution in [3.8, 4) is 0 Å². The Labute approximate surface area is 79.7 Å². The maximum atomic E-state index is 11.4. The standard InChI is InChI=1S/C7H14N4OS/c1-4(2)13(12)11-7-6(8)5(3)9-10-7/h4H,8H2,1-3H3,(H2,9,10,11). The van der Waals surface area contributed by atoms with Gasteiger partial charge in [-0.15, -0.1) is 0 Å². The molecule has 13 heavy (non-hydrogen) atoms. The zero-order valence-electron chi connectivity index (χ0n) is 7.92. The molecule has 1 atom stereocenters. The molecule has 0 aliphatic carbocycles. The topological polar surface area (TPSA) is 83.8 Å². The first kappa shape index (κ1) is 10.0. The number of aryl methyl sites for hydroxylation is 1. The summed E-state index contributed by atoms with van der Waals surface area (Å²) in [4.78, 5) is 0. The number of aromatic amines is 1. The summed E-state index contributed by atoms with van der Waals surface area (Å²) in [6, 6.07) is 0. The van der Waals surface area contributed by atoms with Crippen molar-refractivity contribution < 1.29 is 4.21 Å². The summed E-state index contributed by atoms with van der Waals surface area (Å²) >= 11 is 0. The van der Waals surface area contributed by atoms with Crippen LogP contribution in [0, 0.1) is 6.92 Å². The normalized spacial score (nSPS) is 13.2. The molecule has 0 fully saturated rings. The number of rotatable bonds is 3. The first-order chi connectivity index (χ1) is 6.02. The summed E-state index contributed by atoms with van der Waals surface area (Å²) in [5, 5.41) is 6.63. The van der Waals surface area contributed by atoms with E-state index in [9.17, 15) is 4.21 Å². The van der Waals surface area contributed by atoms with Crippen LogP contribution in [0.25, 0.3) is 0 Å². The highest BCUT2D eigenvalue weighted by Gasteiger charge is 2.10. The summed E-state index contributed by atoms with van der Waals surface area (Å²) in [7, 11) is -1.13.